The lowest BCUT2D eigenvalue weighted by Crippen LogP contribution is -2.85. The number of rotatable bonds is 21. The van der Waals surface area contributed by atoms with Gasteiger partial charge in [-0.3, -0.25) is 0 Å². The minimum absolute atomic E-state index is 1.17. The second-order valence-corrected chi connectivity index (χ2v) is 7.26. The molecule has 0 rings (SSSR count). The van der Waals surface area contributed by atoms with Gasteiger partial charge in [-0.1, -0.05) is 78.1 Å². The fourth-order valence-corrected chi connectivity index (χ4v) is 3.03. The maximum absolute atomic E-state index is 3.58. The van der Waals surface area contributed by atoms with Crippen molar-refractivity contribution in [1.29, 1.82) is 0 Å². The lowest BCUT2D eigenvalue weighted by atomic mass is 10.1. The molecule has 24 heavy (non-hydrogen) atoms. The molecule has 0 aliphatic carbocycles. The Hall–Kier alpha value is -0.120. The van der Waals surface area contributed by atoms with Crippen LogP contribution < -0.4 is 16.0 Å². The molecule has 0 amide bonds. The lowest BCUT2D eigenvalue weighted by molar-refractivity contribution is -0.653. The third-order valence-electron chi connectivity index (χ3n) is 4.70. The third-order valence-corrected chi connectivity index (χ3v) is 4.70. The fraction of sp³-hybridized carbons (Fsp3) is 1.00. The van der Waals surface area contributed by atoms with Gasteiger partial charge in [0.1, 0.15) is 0 Å². The molecular weight excluding hydrogens is 294 g/mol. The van der Waals surface area contributed by atoms with Gasteiger partial charge in [0.05, 0.1) is 13.1 Å². The molecular formula is C21H48N3+. The normalized spacial score (nSPS) is 11.2. The molecule has 0 saturated heterocycles. The SMILES string of the molecule is CCCCCCCCNCCC[NH2+]CCNCCCCCCCC. The highest BCUT2D eigenvalue weighted by molar-refractivity contribution is 4.50. The molecule has 0 atom stereocenters. The van der Waals surface area contributed by atoms with Gasteiger partial charge in [0, 0.05) is 19.5 Å². The zero-order valence-electron chi connectivity index (χ0n) is 17.0. The van der Waals surface area contributed by atoms with E-state index in [4.69, 9.17) is 0 Å². The highest BCUT2D eigenvalue weighted by Gasteiger charge is 1.94. The van der Waals surface area contributed by atoms with E-state index in [1.165, 1.54) is 123 Å². The van der Waals surface area contributed by atoms with Crippen molar-refractivity contribution in [3.05, 3.63) is 0 Å². The Morgan fingerprint density at radius 2 is 0.917 bits per heavy atom. The van der Waals surface area contributed by atoms with E-state index in [0.717, 1.165) is 0 Å². The molecule has 0 aromatic heterocycles. The Morgan fingerprint density at radius 1 is 0.458 bits per heavy atom. The summed E-state index contributed by atoms with van der Waals surface area (Å²) >= 11 is 0. The van der Waals surface area contributed by atoms with E-state index in [2.05, 4.69) is 29.8 Å². The van der Waals surface area contributed by atoms with Crippen LogP contribution in [0.3, 0.4) is 0 Å². The molecule has 3 nitrogen and oxygen atoms in total. The smallest absolute Gasteiger partial charge is 0.0882 e. The predicted octanol–water partition coefficient (Wildman–Crippen LogP) is 3.84. The number of nitrogens with two attached hydrogens (primary N) is 1. The van der Waals surface area contributed by atoms with Crippen LogP contribution in [0.25, 0.3) is 0 Å². The molecule has 0 unspecified atom stereocenters. The minimum atomic E-state index is 1.17. The monoisotopic (exact) mass is 342 g/mol. The van der Waals surface area contributed by atoms with Gasteiger partial charge in [-0.2, -0.15) is 0 Å². The van der Waals surface area contributed by atoms with Crippen LogP contribution in [0, 0.1) is 0 Å². The summed E-state index contributed by atoms with van der Waals surface area (Å²) in [5.41, 5.74) is 0. The highest BCUT2D eigenvalue weighted by Crippen LogP contribution is 2.04. The molecule has 0 aromatic rings. The topological polar surface area (TPSA) is 40.7 Å². The average molecular weight is 343 g/mol. The molecule has 4 N–H and O–H groups in total. The molecule has 0 aliphatic heterocycles. The maximum Gasteiger partial charge on any atom is 0.0882 e. The summed E-state index contributed by atoms with van der Waals surface area (Å²) < 4.78 is 0. The van der Waals surface area contributed by atoms with Gasteiger partial charge in [-0.05, 0) is 25.9 Å². The minimum Gasteiger partial charge on any atom is -0.345 e. The number of quaternary nitrogens is 1. The number of hydrogen-bond acceptors (Lipinski definition) is 2. The van der Waals surface area contributed by atoms with Crippen molar-refractivity contribution in [3.8, 4) is 0 Å². The summed E-state index contributed by atoms with van der Waals surface area (Å²) in [5.74, 6) is 0. The molecule has 0 bridgehead atoms. The van der Waals surface area contributed by atoms with Gasteiger partial charge in [0.15, 0.2) is 0 Å². The second-order valence-electron chi connectivity index (χ2n) is 7.26. The standard InChI is InChI=1S/C21H47N3/c1-3-5-7-9-11-13-16-22-18-15-19-24-21-20-23-17-14-12-10-8-6-4-2/h22-24H,3-21H2,1-2H3/p+1. The van der Waals surface area contributed by atoms with Crippen molar-refractivity contribution in [2.75, 3.05) is 39.3 Å². The van der Waals surface area contributed by atoms with Gasteiger partial charge in [0.2, 0.25) is 0 Å². The summed E-state index contributed by atoms with van der Waals surface area (Å²) in [6.07, 6.45) is 18.1. The van der Waals surface area contributed by atoms with Crippen LogP contribution in [0.2, 0.25) is 0 Å². The molecule has 0 heterocycles. The first-order valence-corrected chi connectivity index (χ1v) is 11.1. The lowest BCUT2D eigenvalue weighted by Gasteiger charge is -2.06. The van der Waals surface area contributed by atoms with E-state index in [9.17, 15) is 0 Å². The zero-order chi connectivity index (χ0) is 17.6. The Kier molecular flexibility index (Phi) is 22.8. The predicted molar refractivity (Wildman–Crippen MR) is 109 cm³/mol. The second kappa shape index (κ2) is 22.9. The molecule has 0 fully saturated rings. The van der Waals surface area contributed by atoms with Gasteiger partial charge in [-0.25, -0.2) is 0 Å². The summed E-state index contributed by atoms with van der Waals surface area (Å²) in [4.78, 5) is 0. The Morgan fingerprint density at radius 3 is 1.50 bits per heavy atom. The molecule has 0 radical (unpaired) electrons. The van der Waals surface area contributed by atoms with Crippen LogP contribution in [0.1, 0.15) is 97.3 Å². The maximum atomic E-state index is 3.58. The summed E-state index contributed by atoms with van der Waals surface area (Å²) in [6, 6.07) is 0. The molecule has 0 aromatic carbocycles. The first-order chi connectivity index (χ1) is 11.9. The van der Waals surface area contributed by atoms with Gasteiger partial charge in [-0.15, -0.1) is 0 Å². The van der Waals surface area contributed by atoms with Crippen molar-refractivity contribution in [1.82, 2.24) is 10.6 Å². The van der Waals surface area contributed by atoms with E-state index in [0.29, 0.717) is 0 Å². The Balaban J connectivity index is 2.93. The van der Waals surface area contributed by atoms with Crippen LogP contribution in [0.5, 0.6) is 0 Å². The first-order valence-electron chi connectivity index (χ1n) is 11.1. The fourth-order valence-electron chi connectivity index (χ4n) is 3.03. The van der Waals surface area contributed by atoms with E-state index in [-0.39, 0.29) is 0 Å². The van der Waals surface area contributed by atoms with Crippen LogP contribution in [-0.4, -0.2) is 39.3 Å². The number of hydrogen-bond donors (Lipinski definition) is 3. The van der Waals surface area contributed by atoms with Crippen molar-refractivity contribution in [2.24, 2.45) is 0 Å². The number of nitrogens with one attached hydrogen (secondary N) is 2. The van der Waals surface area contributed by atoms with E-state index < -0.39 is 0 Å². The first kappa shape index (κ1) is 23.9. The van der Waals surface area contributed by atoms with Gasteiger partial charge in [0.25, 0.3) is 0 Å². The van der Waals surface area contributed by atoms with Crippen LogP contribution in [0.15, 0.2) is 0 Å². The largest absolute Gasteiger partial charge is 0.345 e. The van der Waals surface area contributed by atoms with Crippen LogP contribution in [-0.2, 0) is 0 Å². The molecule has 0 spiro atoms. The molecule has 146 valence electrons. The molecule has 0 aliphatic rings. The highest BCUT2D eigenvalue weighted by atomic mass is 14.9. The Labute approximate surface area is 153 Å². The summed E-state index contributed by atoms with van der Waals surface area (Å²) in [6.45, 7) is 11.8. The van der Waals surface area contributed by atoms with E-state index >= 15 is 0 Å². The Bertz CT molecular complexity index is 187. The summed E-state index contributed by atoms with van der Waals surface area (Å²) in [5, 5.41) is 9.61. The van der Waals surface area contributed by atoms with Crippen molar-refractivity contribution >= 4 is 0 Å². The molecule has 0 saturated carbocycles. The van der Waals surface area contributed by atoms with Crippen LogP contribution >= 0.6 is 0 Å². The van der Waals surface area contributed by atoms with Crippen molar-refractivity contribution in [3.63, 3.8) is 0 Å². The van der Waals surface area contributed by atoms with Gasteiger partial charge >= 0.3 is 0 Å². The summed E-state index contributed by atoms with van der Waals surface area (Å²) in [7, 11) is 0. The molecule has 3 heteroatoms. The van der Waals surface area contributed by atoms with Crippen molar-refractivity contribution < 1.29 is 5.32 Å². The van der Waals surface area contributed by atoms with E-state index in [1.807, 2.05) is 0 Å². The number of unbranched alkanes of at least 4 members (excludes halogenated alkanes) is 10. The van der Waals surface area contributed by atoms with Crippen LogP contribution in [0.4, 0.5) is 0 Å². The third kappa shape index (κ3) is 21.9. The van der Waals surface area contributed by atoms with E-state index in [1.54, 1.807) is 0 Å². The van der Waals surface area contributed by atoms with Crippen molar-refractivity contribution in [2.45, 2.75) is 97.3 Å². The zero-order valence-corrected chi connectivity index (χ0v) is 17.0. The average Bonchev–Trinajstić information content (AvgIpc) is 2.60. The quantitative estimate of drug-likeness (QED) is 0.277. The van der Waals surface area contributed by atoms with Gasteiger partial charge < -0.3 is 16.0 Å².